The van der Waals surface area contributed by atoms with E-state index in [4.69, 9.17) is 0 Å². The van der Waals surface area contributed by atoms with Crippen LogP contribution in [0, 0.1) is 11.8 Å². The fourth-order valence-electron chi connectivity index (χ4n) is 2.58. The Morgan fingerprint density at radius 3 is 2.29 bits per heavy atom. The van der Waals surface area contributed by atoms with Crippen LogP contribution in [-0.4, -0.2) is 36.3 Å². The first-order valence-electron chi connectivity index (χ1n) is 6.46. The minimum atomic E-state index is -0.0846. The van der Waals surface area contributed by atoms with Crippen LogP contribution in [0.4, 0.5) is 0 Å². The number of rotatable bonds is 5. The van der Waals surface area contributed by atoms with Gasteiger partial charge >= 0.3 is 0 Å². The van der Waals surface area contributed by atoms with Gasteiger partial charge < -0.3 is 5.32 Å². The predicted octanol–water partition coefficient (Wildman–Crippen LogP) is 0.937. The van der Waals surface area contributed by atoms with Gasteiger partial charge in [-0.3, -0.25) is 14.5 Å². The zero-order chi connectivity index (χ0) is 12.3. The Balaban J connectivity index is 1.91. The Bertz CT molecular complexity index is 312. The van der Waals surface area contributed by atoms with Gasteiger partial charge in [0.1, 0.15) is 0 Å². The molecule has 4 heteroatoms. The Hall–Kier alpha value is -1.16. The van der Waals surface area contributed by atoms with Crippen LogP contribution < -0.4 is 5.32 Å². The van der Waals surface area contributed by atoms with E-state index in [1.54, 1.807) is 0 Å². The summed E-state index contributed by atoms with van der Waals surface area (Å²) in [5.74, 6) is -0.109. The van der Waals surface area contributed by atoms with Crippen LogP contribution >= 0.6 is 0 Å². The van der Waals surface area contributed by atoms with E-state index < -0.39 is 0 Å². The molecular weight excluding hydrogens is 216 g/mol. The molecule has 0 saturated carbocycles. The molecule has 2 rings (SSSR count). The molecule has 1 heterocycles. The van der Waals surface area contributed by atoms with Crippen molar-refractivity contribution in [2.75, 3.05) is 19.6 Å². The fourth-order valence-corrected chi connectivity index (χ4v) is 2.58. The van der Waals surface area contributed by atoms with Crippen molar-refractivity contribution in [1.82, 2.24) is 10.2 Å². The molecule has 2 amide bonds. The topological polar surface area (TPSA) is 49.4 Å². The number of fused-ring (bicyclic) bond motifs is 1. The van der Waals surface area contributed by atoms with Gasteiger partial charge in [0.2, 0.25) is 11.8 Å². The Morgan fingerprint density at radius 2 is 1.76 bits per heavy atom. The van der Waals surface area contributed by atoms with Crippen molar-refractivity contribution in [1.29, 1.82) is 0 Å². The Kier molecular flexibility index (Phi) is 3.94. The third kappa shape index (κ3) is 2.41. The zero-order valence-electron chi connectivity index (χ0n) is 10.3. The molecule has 2 atom stereocenters. The zero-order valence-corrected chi connectivity index (χ0v) is 10.3. The highest BCUT2D eigenvalue weighted by atomic mass is 16.2. The van der Waals surface area contributed by atoms with E-state index in [9.17, 15) is 9.59 Å². The highest BCUT2D eigenvalue weighted by Crippen LogP contribution is 2.34. The van der Waals surface area contributed by atoms with Gasteiger partial charge in [0, 0.05) is 13.1 Å². The molecule has 2 unspecified atom stereocenters. The number of allylic oxidation sites excluding steroid dienone is 2. The maximum atomic E-state index is 12.1. The van der Waals surface area contributed by atoms with Gasteiger partial charge in [0.05, 0.1) is 11.8 Å². The number of carbonyl (C=O) groups is 2. The van der Waals surface area contributed by atoms with E-state index >= 15 is 0 Å². The van der Waals surface area contributed by atoms with Crippen LogP contribution in [0.3, 0.4) is 0 Å². The van der Waals surface area contributed by atoms with Gasteiger partial charge in [-0.25, -0.2) is 0 Å². The van der Waals surface area contributed by atoms with Crippen LogP contribution in [0.5, 0.6) is 0 Å². The smallest absolute Gasteiger partial charge is 0.233 e. The van der Waals surface area contributed by atoms with E-state index in [-0.39, 0.29) is 23.7 Å². The van der Waals surface area contributed by atoms with Crippen LogP contribution in [0.15, 0.2) is 12.2 Å². The monoisotopic (exact) mass is 236 g/mol. The SMILES string of the molecule is CCCNCCN1C(=O)C2CC=CCC2C1=O. The van der Waals surface area contributed by atoms with E-state index in [0.29, 0.717) is 13.1 Å². The number of hydrogen-bond donors (Lipinski definition) is 1. The summed E-state index contributed by atoms with van der Waals surface area (Å²) in [6.45, 7) is 4.26. The summed E-state index contributed by atoms with van der Waals surface area (Å²) in [6.07, 6.45) is 6.57. The average molecular weight is 236 g/mol. The number of hydrogen-bond acceptors (Lipinski definition) is 3. The molecule has 0 radical (unpaired) electrons. The molecule has 1 aliphatic heterocycles. The molecule has 0 aromatic heterocycles. The molecule has 1 fully saturated rings. The maximum absolute atomic E-state index is 12.1. The van der Waals surface area contributed by atoms with Crippen molar-refractivity contribution < 1.29 is 9.59 Å². The fraction of sp³-hybridized carbons (Fsp3) is 0.692. The minimum absolute atomic E-state index is 0.0302. The van der Waals surface area contributed by atoms with Crippen LogP contribution in [-0.2, 0) is 9.59 Å². The second kappa shape index (κ2) is 5.45. The molecule has 4 nitrogen and oxygen atoms in total. The second-order valence-corrected chi connectivity index (χ2v) is 4.73. The first-order chi connectivity index (χ1) is 8.25. The van der Waals surface area contributed by atoms with Gasteiger partial charge in [0.25, 0.3) is 0 Å². The lowest BCUT2D eigenvalue weighted by molar-refractivity contribution is -0.139. The quantitative estimate of drug-likeness (QED) is 0.439. The number of nitrogens with zero attached hydrogens (tertiary/aromatic N) is 1. The standard InChI is InChI=1S/C13H20N2O2/c1-2-7-14-8-9-15-12(16)10-5-3-4-6-11(10)13(15)17/h3-4,10-11,14H,2,5-9H2,1H3. The van der Waals surface area contributed by atoms with Crippen molar-refractivity contribution in [3.8, 4) is 0 Å². The lowest BCUT2D eigenvalue weighted by Crippen LogP contribution is -2.37. The highest BCUT2D eigenvalue weighted by Gasteiger charge is 2.46. The molecule has 1 aliphatic carbocycles. The molecule has 0 aromatic carbocycles. The summed E-state index contributed by atoms with van der Waals surface area (Å²) in [5.41, 5.74) is 0. The molecule has 1 N–H and O–H groups in total. The Morgan fingerprint density at radius 1 is 1.18 bits per heavy atom. The van der Waals surface area contributed by atoms with Crippen LogP contribution in [0.1, 0.15) is 26.2 Å². The molecule has 94 valence electrons. The maximum Gasteiger partial charge on any atom is 0.233 e. The number of nitrogens with one attached hydrogen (secondary N) is 1. The molecule has 0 spiro atoms. The molecule has 1 saturated heterocycles. The van der Waals surface area contributed by atoms with Crippen LogP contribution in [0.25, 0.3) is 0 Å². The van der Waals surface area contributed by atoms with Gasteiger partial charge in [0.15, 0.2) is 0 Å². The third-order valence-corrected chi connectivity index (χ3v) is 3.54. The van der Waals surface area contributed by atoms with Crippen molar-refractivity contribution in [3.63, 3.8) is 0 Å². The van der Waals surface area contributed by atoms with Gasteiger partial charge in [-0.2, -0.15) is 0 Å². The lowest BCUT2D eigenvalue weighted by atomic mass is 9.85. The summed E-state index contributed by atoms with van der Waals surface area (Å²) in [4.78, 5) is 25.6. The first kappa shape index (κ1) is 12.3. The predicted molar refractivity (Wildman–Crippen MR) is 65.2 cm³/mol. The van der Waals surface area contributed by atoms with E-state index in [0.717, 1.165) is 25.8 Å². The van der Waals surface area contributed by atoms with Crippen molar-refractivity contribution >= 4 is 11.8 Å². The van der Waals surface area contributed by atoms with Crippen molar-refractivity contribution in [2.45, 2.75) is 26.2 Å². The summed E-state index contributed by atoms with van der Waals surface area (Å²) in [7, 11) is 0. The average Bonchev–Trinajstić information content (AvgIpc) is 2.60. The summed E-state index contributed by atoms with van der Waals surface area (Å²) in [6, 6.07) is 0. The number of likely N-dealkylation sites (tertiary alicyclic amines) is 1. The van der Waals surface area contributed by atoms with Gasteiger partial charge in [-0.1, -0.05) is 19.1 Å². The number of amides is 2. The Labute approximate surface area is 102 Å². The summed E-state index contributed by atoms with van der Waals surface area (Å²) >= 11 is 0. The minimum Gasteiger partial charge on any atom is -0.315 e. The van der Waals surface area contributed by atoms with Gasteiger partial charge in [-0.05, 0) is 25.8 Å². The van der Waals surface area contributed by atoms with Crippen molar-refractivity contribution in [3.05, 3.63) is 12.2 Å². The van der Waals surface area contributed by atoms with E-state index in [2.05, 4.69) is 12.2 Å². The normalized spacial score (nSPS) is 27.7. The second-order valence-electron chi connectivity index (χ2n) is 4.73. The largest absolute Gasteiger partial charge is 0.315 e. The molecule has 0 bridgehead atoms. The molecular formula is C13H20N2O2. The summed E-state index contributed by atoms with van der Waals surface area (Å²) in [5, 5.41) is 3.22. The number of carbonyl (C=O) groups excluding carboxylic acids is 2. The van der Waals surface area contributed by atoms with Gasteiger partial charge in [-0.15, -0.1) is 0 Å². The van der Waals surface area contributed by atoms with Crippen molar-refractivity contribution in [2.24, 2.45) is 11.8 Å². The summed E-state index contributed by atoms with van der Waals surface area (Å²) < 4.78 is 0. The molecule has 17 heavy (non-hydrogen) atoms. The highest BCUT2D eigenvalue weighted by molar-refractivity contribution is 6.05. The van der Waals surface area contributed by atoms with E-state index in [1.165, 1.54) is 4.90 Å². The first-order valence-corrected chi connectivity index (χ1v) is 6.46. The third-order valence-electron chi connectivity index (χ3n) is 3.54. The number of imide groups is 1. The van der Waals surface area contributed by atoms with Crippen LogP contribution in [0.2, 0.25) is 0 Å². The molecule has 2 aliphatic rings. The van der Waals surface area contributed by atoms with E-state index in [1.807, 2.05) is 12.2 Å². The lowest BCUT2D eigenvalue weighted by Gasteiger charge is -2.14. The molecule has 0 aromatic rings.